The fourth-order valence-electron chi connectivity index (χ4n) is 3.00. The van der Waals surface area contributed by atoms with Crippen LogP contribution < -0.4 is 5.56 Å². The molecule has 0 radical (unpaired) electrons. The van der Waals surface area contributed by atoms with E-state index < -0.39 is 10.0 Å². The summed E-state index contributed by atoms with van der Waals surface area (Å²) in [6.45, 7) is 4.36. The maximum absolute atomic E-state index is 12.0. The molecule has 0 saturated carbocycles. The number of nitrogens with one attached hydrogen (secondary N) is 1. The van der Waals surface area contributed by atoms with Gasteiger partial charge < -0.3 is 4.52 Å². The summed E-state index contributed by atoms with van der Waals surface area (Å²) < 4.78 is 30.7. The summed E-state index contributed by atoms with van der Waals surface area (Å²) in [5.41, 5.74) is 1.75. The van der Waals surface area contributed by atoms with Gasteiger partial charge in [0.2, 0.25) is 10.0 Å². The summed E-state index contributed by atoms with van der Waals surface area (Å²) in [5, 5.41) is 10.5. The molecule has 1 aliphatic heterocycles. The molecule has 2 aromatic heterocycles. The predicted octanol–water partition coefficient (Wildman–Crippen LogP) is 1.26. The lowest BCUT2D eigenvalue weighted by atomic mass is 9.91. The first kappa shape index (κ1) is 16.8. The van der Waals surface area contributed by atoms with Crippen LogP contribution >= 0.6 is 0 Å². The summed E-state index contributed by atoms with van der Waals surface area (Å²) >= 11 is 0. The molecular weight excluding hydrogens is 332 g/mol. The second-order valence-corrected chi connectivity index (χ2v) is 8.20. The van der Waals surface area contributed by atoms with Gasteiger partial charge in [0.1, 0.15) is 0 Å². The molecule has 0 atom stereocenters. The van der Waals surface area contributed by atoms with E-state index in [4.69, 9.17) is 4.52 Å². The normalized spacial score (nSPS) is 17.2. The lowest BCUT2D eigenvalue weighted by Crippen LogP contribution is -2.39. The van der Waals surface area contributed by atoms with Crippen LogP contribution in [0.25, 0.3) is 11.3 Å². The average Bonchev–Trinajstić information content (AvgIpc) is 3.01. The molecule has 0 amide bonds. The van der Waals surface area contributed by atoms with Gasteiger partial charge in [-0.1, -0.05) is 5.16 Å². The molecular formula is C15H20N4O4S. The molecule has 1 aliphatic rings. The number of hydrogen-bond donors (Lipinski definition) is 1. The highest BCUT2D eigenvalue weighted by molar-refractivity contribution is 7.89. The van der Waals surface area contributed by atoms with Crippen molar-refractivity contribution in [1.82, 2.24) is 19.7 Å². The van der Waals surface area contributed by atoms with Crippen molar-refractivity contribution in [3.05, 3.63) is 33.9 Å². The SMILES string of the molecule is CCS(=O)(=O)N1CCC(c2n[nH]c(=O)cc2-c2cc(C)no2)CC1. The number of nitrogens with zero attached hydrogens (tertiary/aromatic N) is 3. The zero-order valence-corrected chi connectivity index (χ0v) is 14.5. The van der Waals surface area contributed by atoms with E-state index in [1.54, 1.807) is 19.9 Å². The fourth-order valence-corrected chi connectivity index (χ4v) is 4.13. The Kier molecular flexibility index (Phi) is 4.55. The lowest BCUT2D eigenvalue weighted by Gasteiger charge is -2.31. The third-order valence-corrected chi connectivity index (χ3v) is 6.21. The Bertz CT molecular complexity index is 879. The summed E-state index contributed by atoms with van der Waals surface area (Å²) in [4.78, 5) is 11.7. The zero-order valence-electron chi connectivity index (χ0n) is 13.7. The third kappa shape index (κ3) is 3.27. The summed E-state index contributed by atoms with van der Waals surface area (Å²) in [6.07, 6.45) is 1.30. The topological polar surface area (TPSA) is 109 Å². The van der Waals surface area contributed by atoms with Gasteiger partial charge in [-0.15, -0.1) is 0 Å². The van der Waals surface area contributed by atoms with Crippen LogP contribution in [0.3, 0.4) is 0 Å². The Morgan fingerprint density at radius 2 is 2.04 bits per heavy atom. The third-order valence-electron chi connectivity index (χ3n) is 4.33. The monoisotopic (exact) mass is 352 g/mol. The van der Waals surface area contributed by atoms with E-state index in [0.717, 1.165) is 11.4 Å². The smallest absolute Gasteiger partial charge is 0.264 e. The van der Waals surface area contributed by atoms with Gasteiger partial charge in [-0.05, 0) is 26.7 Å². The van der Waals surface area contributed by atoms with E-state index in [1.165, 1.54) is 10.4 Å². The Hall–Kier alpha value is -2.00. The number of aryl methyl sites for hydroxylation is 1. The maximum atomic E-state index is 12.0. The standard InChI is InChI=1S/C15H20N4O4S/c1-3-24(21,22)19-6-4-11(5-7-19)15-12(9-14(20)16-17-15)13-8-10(2)18-23-13/h8-9,11H,3-7H2,1-2H3,(H,16,20). The minimum Gasteiger partial charge on any atom is -0.356 e. The minimum atomic E-state index is -3.17. The van der Waals surface area contributed by atoms with Gasteiger partial charge >= 0.3 is 0 Å². The van der Waals surface area contributed by atoms with E-state index >= 15 is 0 Å². The molecule has 3 heterocycles. The molecule has 1 fully saturated rings. The first-order valence-electron chi connectivity index (χ1n) is 7.92. The van der Waals surface area contributed by atoms with Crippen LogP contribution in [0.1, 0.15) is 37.1 Å². The van der Waals surface area contributed by atoms with Gasteiger partial charge in [0, 0.05) is 36.7 Å². The largest absolute Gasteiger partial charge is 0.356 e. The first-order chi connectivity index (χ1) is 11.4. The molecule has 0 spiro atoms. The van der Waals surface area contributed by atoms with Gasteiger partial charge in [-0.25, -0.2) is 17.8 Å². The second kappa shape index (κ2) is 6.48. The van der Waals surface area contributed by atoms with Crippen molar-refractivity contribution < 1.29 is 12.9 Å². The molecule has 1 saturated heterocycles. The Labute approximate surface area is 139 Å². The summed E-state index contributed by atoms with van der Waals surface area (Å²) in [6, 6.07) is 3.22. The highest BCUT2D eigenvalue weighted by Gasteiger charge is 2.30. The van der Waals surface area contributed by atoms with Crippen LogP contribution in [0.4, 0.5) is 0 Å². The number of hydrogen-bond acceptors (Lipinski definition) is 6. The van der Waals surface area contributed by atoms with E-state index in [2.05, 4.69) is 15.4 Å². The second-order valence-electron chi connectivity index (χ2n) is 5.94. The Morgan fingerprint density at radius 1 is 1.33 bits per heavy atom. The lowest BCUT2D eigenvalue weighted by molar-refractivity contribution is 0.316. The van der Waals surface area contributed by atoms with Crippen molar-refractivity contribution in [1.29, 1.82) is 0 Å². The average molecular weight is 352 g/mol. The van der Waals surface area contributed by atoms with Crippen molar-refractivity contribution in [2.24, 2.45) is 0 Å². The molecule has 9 heteroatoms. The van der Waals surface area contributed by atoms with Crippen LogP contribution in [0.15, 0.2) is 21.5 Å². The number of H-pyrrole nitrogens is 1. The molecule has 3 rings (SSSR count). The van der Waals surface area contributed by atoms with Crippen LogP contribution in [0.5, 0.6) is 0 Å². The zero-order chi connectivity index (χ0) is 17.3. The van der Waals surface area contributed by atoms with Crippen LogP contribution in [-0.4, -0.2) is 46.9 Å². The fraction of sp³-hybridized carbons (Fsp3) is 0.533. The molecule has 2 aromatic rings. The summed E-state index contributed by atoms with van der Waals surface area (Å²) in [5.74, 6) is 0.673. The van der Waals surface area contributed by atoms with E-state index in [-0.39, 0.29) is 17.2 Å². The Balaban J connectivity index is 1.88. The van der Waals surface area contributed by atoms with Crippen molar-refractivity contribution in [3.8, 4) is 11.3 Å². The van der Waals surface area contributed by atoms with E-state index in [9.17, 15) is 13.2 Å². The first-order valence-corrected chi connectivity index (χ1v) is 9.52. The highest BCUT2D eigenvalue weighted by Crippen LogP contribution is 2.33. The molecule has 8 nitrogen and oxygen atoms in total. The molecule has 0 unspecified atom stereocenters. The number of rotatable bonds is 4. The molecule has 24 heavy (non-hydrogen) atoms. The van der Waals surface area contributed by atoms with Gasteiger partial charge in [-0.2, -0.15) is 5.10 Å². The van der Waals surface area contributed by atoms with Gasteiger partial charge in [-0.3, -0.25) is 4.79 Å². The number of aromatic amines is 1. The highest BCUT2D eigenvalue weighted by atomic mass is 32.2. The van der Waals surface area contributed by atoms with Gasteiger partial charge in [0.15, 0.2) is 5.76 Å². The van der Waals surface area contributed by atoms with Crippen molar-refractivity contribution in [2.75, 3.05) is 18.8 Å². The molecule has 1 N–H and O–H groups in total. The van der Waals surface area contributed by atoms with Gasteiger partial charge in [0.25, 0.3) is 5.56 Å². The van der Waals surface area contributed by atoms with Crippen molar-refractivity contribution >= 4 is 10.0 Å². The molecule has 0 aliphatic carbocycles. The van der Waals surface area contributed by atoms with Crippen molar-refractivity contribution in [2.45, 2.75) is 32.6 Å². The molecule has 130 valence electrons. The van der Waals surface area contributed by atoms with Gasteiger partial charge in [0.05, 0.1) is 17.1 Å². The minimum absolute atomic E-state index is 0.0607. The van der Waals surface area contributed by atoms with E-state index in [0.29, 0.717) is 37.3 Å². The van der Waals surface area contributed by atoms with Crippen molar-refractivity contribution in [3.63, 3.8) is 0 Å². The van der Waals surface area contributed by atoms with Crippen LogP contribution in [0, 0.1) is 6.92 Å². The van der Waals surface area contributed by atoms with Crippen LogP contribution in [-0.2, 0) is 10.0 Å². The van der Waals surface area contributed by atoms with Crippen LogP contribution in [0.2, 0.25) is 0 Å². The predicted molar refractivity (Wildman–Crippen MR) is 88.1 cm³/mol. The number of piperidine rings is 1. The molecule has 0 aromatic carbocycles. The summed E-state index contributed by atoms with van der Waals surface area (Å²) in [7, 11) is -3.17. The van der Waals surface area contributed by atoms with E-state index in [1.807, 2.05) is 0 Å². The quantitative estimate of drug-likeness (QED) is 0.887. The maximum Gasteiger partial charge on any atom is 0.264 e. The number of sulfonamides is 1. The Morgan fingerprint density at radius 3 is 2.62 bits per heavy atom. The number of aromatic nitrogens is 3. The molecule has 0 bridgehead atoms.